The van der Waals surface area contributed by atoms with Gasteiger partial charge in [-0.15, -0.1) is 0 Å². The average molecular weight is 397 g/mol. The first-order chi connectivity index (χ1) is 13.7. The maximum absolute atomic E-state index is 12.7. The molecule has 0 bridgehead atoms. The van der Waals surface area contributed by atoms with Gasteiger partial charge in [-0.05, 0) is 36.5 Å². The van der Waals surface area contributed by atoms with Crippen LogP contribution in [0.1, 0.15) is 43.0 Å². The number of furan rings is 1. The number of carbonyl (C=O) groups is 1. The van der Waals surface area contributed by atoms with E-state index in [4.69, 9.17) is 13.6 Å². The summed E-state index contributed by atoms with van der Waals surface area (Å²) in [4.78, 5) is 27.2. The predicted molar refractivity (Wildman–Crippen MR) is 112 cm³/mol. The molecular weight excluding hydrogens is 370 g/mol. The minimum Gasteiger partial charge on any atom is -0.463 e. The normalized spacial score (nSPS) is 15.4. The van der Waals surface area contributed by atoms with E-state index in [1.165, 1.54) is 0 Å². The molecular formula is C23H27NO5. The Balaban J connectivity index is 1.88. The van der Waals surface area contributed by atoms with Crippen molar-refractivity contribution in [3.05, 3.63) is 45.0 Å². The van der Waals surface area contributed by atoms with Gasteiger partial charge in [0, 0.05) is 24.0 Å². The molecule has 0 unspecified atom stereocenters. The highest BCUT2D eigenvalue weighted by atomic mass is 16.5. The van der Waals surface area contributed by atoms with Gasteiger partial charge in [0.2, 0.25) is 5.91 Å². The van der Waals surface area contributed by atoms with E-state index in [-0.39, 0.29) is 17.7 Å². The third-order valence-electron chi connectivity index (χ3n) is 5.78. The standard InChI is InChI=1S/C23H27NO5/c1-13-10-17-20(21-19(13)16(12-28-21)23(3,4)5)14(2)15(22(26)29-17)11-18(25)24-6-8-27-9-7-24/h10,12H,6-9,11H2,1-5H3. The number of hydrogen-bond acceptors (Lipinski definition) is 5. The third kappa shape index (κ3) is 3.35. The van der Waals surface area contributed by atoms with Gasteiger partial charge in [0.15, 0.2) is 0 Å². The summed E-state index contributed by atoms with van der Waals surface area (Å²) in [5.74, 6) is -0.0822. The summed E-state index contributed by atoms with van der Waals surface area (Å²) in [5.41, 5.74) is 3.93. The topological polar surface area (TPSA) is 72.9 Å². The van der Waals surface area contributed by atoms with Crippen LogP contribution < -0.4 is 5.63 Å². The summed E-state index contributed by atoms with van der Waals surface area (Å²) in [6.07, 6.45) is 1.81. The number of carbonyl (C=O) groups excluding carboxylic acids is 1. The molecule has 0 N–H and O–H groups in total. The van der Waals surface area contributed by atoms with Crippen LogP contribution in [0.4, 0.5) is 0 Å². The number of amides is 1. The molecule has 0 spiro atoms. The molecule has 1 aromatic carbocycles. The van der Waals surface area contributed by atoms with Gasteiger partial charge in [0.05, 0.1) is 36.8 Å². The van der Waals surface area contributed by atoms with Gasteiger partial charge >= 0.3 is 5.63 Å². The lowest BCUT2D eigenvalue weighted by molar-refractivity contribution is -0.134. The number of nitrogens with zero attached hydrogens (tertiary/aromatic N) is 1. The highest BCUT2D eigenvalue weighted by Gasteiger charge is 2.26. The number of fused-ring (bicyclic) bond motifs is 3. The summed E-state index contributed by atoms with van der Waals surface area (Å²) in [7, 11) is 0. The second-order valence-corrected chi connectivity index (χ2v) is 8.83. The molecule has 1 saturated heterocycles. The predicted octanol–water partition coefficient (Wildman–Crippen LogP) is 3.85. The molecule has 4 rings (SSSR count). The van der Waals surface area contributed by atoms with Crippen molar-refractivity contribution in [1.29, 1.82) is 0 Å². The third-order valence-corrected chi connectivity index (χ3v) is 5.78. The van der Waals surface area contributed by atoms with E-state index in [0.29, 0.717) is 43.0 Å². The fourth-order valence-corrected chi connectivity index (χ4v) is 4.12. The van der Waals surface area contributed by atoms with Crippen molar-refractivity contribution < 1.29 is 18.4 Å². The second-order valence-electron chi connectivity index (χ2n) is 8.83. The lowest BCUT2D eigenvalue weighted by atomic mass is 9.85. The first kappa shape index (κ1) is 19.7. The van der Waals surface area contributed by atoms with Crippen LogP contribution in [0.5, 0.6) is 0 Å². The summed E-state index contributed by atoms with van der Waals surface area (Å²) >= 11 is 0. The molecule has 0 aliphatic carbocycles. The Morgan fingerprint density at radius 1 is 1.14 bits per heavy atom. The summed E-state index contributed by atoms with van der Waals surface area (Å²) in [5, 5.41) is 1.82. The van der Waals surface area contributed by atoms with Crippen LogP contribution in [0.3, 0.4) is 0 Å². The molecule has 2 aromatic heterocycles. The van der Waals surface area contributed by atoms with E-state index in [1.807, 2.05) is 19.9 Å². The first-order valence-electron chi connectivity index (χ1n) is 10.0. The van der Waals surface area contributed by atoms with Crippen LogP contribution in [0.15, 0.2) is 26.0 Å². The van der Waals surface area contributed by atoms with E-state index in [9.17, 15) is 9.59 Å². The fourth-order valence-electron chi connectivity index (χ4n) is 4.12. The molecule has 0 saturated carbocycles. The van der Waals surface area contributed by atoms with Crippen LogP contribution in [0, 0.1) is 13.8 Å². The van der Waals surface area contributed by atoms with Gasteiger partial charge in [0.25, 0.3) is 0 Å². The number of hydrogen-bond donors (Lipinski definition) is 0. The average Bonchev–Trinajstić information content (AvgIpc) is 3.11. The van der Waals surface area contributed by atoms with Crippen LogP contribution in [-0.2, 0) is 21.4 Å². The number of rotatable bonds is 2. The van der Waals surface area contributed by atoms with Crippen molar-refractivity contribution in [2.24, 2.45) is 0 Å². The Kier molecular flexibility index (Phi) is 4.77. The molecule has 29 heavy (non-hydrogen) atoms. The minimum atomic E-state index is -0.460. The molecule has 6 heteroatoms. The van der Waals surface area contributed by atoms with Crippen LogP contribution in [-0.4, -0.2) is 37.1 Å². The molecule has 3 heterocycles. The molecule has 1 fully saturated rings. The Morgan fingerprint density at radius 2 is 1.83 bits per heavy atom. The summed E-state index contributed by atoms with van der Waals surface area (Å²) in [6.45, 7) is 12.5. The highest BCUT2D eigenvalue weighted by molar-refractivity contribution is 6.07. The molecule has 1 amide bonds. The monoisotopic (exact) mass is 397 g/mol. The van der Waals surface area contributed by atoms with Crippen molar-refractivity contribution >= 4 is 27.8 Å². The van der Waals surface area contributed by atoms with Crippen molar-refractivity contribution in [3.63, 3.8) is 0 Å². The van der Waals surface area contributed by atoms with Crippen LogP contribution in [0.25, 0.3) is 21.9 Å². The first-order valence-corrected chi connectivity index (χ1v) is 10.0. The van der Waals surface area contributed by atoms with Crippen molar-refractivity contribution in [3.8, 4) is 0 Å². The SMILES string of the molecule is Cc1cc2oc(=O)c(CC(=O)N3CCOCC3)c(C)c2c2occ(C(C)(C)C)c12. The zero-order valence-electron chi connectivity index (χ0n) is 17.7. The molecule has 0 radical (unpaired) electrons. The molecule has 6 nitrogen and oxygen atoms in total. The number of aryl methyl sites for hydroxylation is 2. The zero-order valence-corrected chi connectivity index (χ0v) is 17.7. The lowest BCUT2D eigenvalue weighted by Crippen LogP contribution is -2.42. The Labute approximate surface area is 169 Å². The van der Waals surface area contributed by atoms with Gasteiger partial charge in [-0.3, -0.25) is 4.79 Å². The van der Waals surface area contributed by atoms with Crippen molar-refractivity contribution in [2.75, 3.05) is 26.3 Å². The summed E-state index contributed by atoms with van der Waals surface area (Å²) in [6, 6.07) is 1.89. The van der Waals surface area contributed by atoms with E-state index in [1.54, 1.807) is 11.2 Å². The maximum atomic E-state index is 12.7. The molecule has 154 valence electrons. The molecule has 0 atom stereocenters. The maximum Gasteiger partial charge on any atom is 0.340 e. The Bertz CT molecular complexity index is 1160. The molecule has 1 aliphatic rings. The number of benzene rings is 1. The molecule has 3 aromatic rings. The van der Waals surface area contributed by atoms with Crippen molar-refractivity contribution in [1.82, 2.24) is 4.90 Å². The van der Waals surface area contributed by atoms with Gasteiger partial charge < -0.3 is 18.5 Å². The smallest absolute Gasteiger partial charge is 0.340 e. The zero-order chi connectivity index (χ0) is 20.9. The minimum absolute atomic E-state index is 0.0202. The summed E-state index contributed by atoms with van der Waals surface area (Å²) < 4.78 is 16.9. The van der Waals surface area contributed by atoms with E-state index in [2.05, 4.69) is 20.8 Å². The highest BCUT2D eigenvalue weighted by Crippen LogP contribution is 2.39. The quantitative estimate of drug-likeness (QED) is 0.614. The van der Waals surface area contributed by atoms with Gasteiger partial charge in [-0.2, -0.15) is 0 Å². The second kappa shape index (κ2) is 7.02. The van der Waals surface area contributed by atoms with Gasteiger partial charge in [-0.25, -0.2) is 4.79 Å². The van der Waals surface area contributed by atoms with Gasteiger partial charge in [-0.1, -0.05) is 20.8 Å². The molecule has 1 aliphatic heterocycles. The fraction of sp³-hybridized carbons (Fsp3) is 0.478. The van der Waals surface area contributed by atoms with Crippen LogP contribution >= 0.6 is 0 Å². The van der Waals surface area contributed by atoms with E-state index in [0.717, 1.165) is 27.5 Å². The Hall–Kier alpha value is -2.60. The van der Waals surface area contributed by atoms with Gasteiger partial charge in [0.1, 0.15) is 11.2 Å². The van der Waals surface area contributed by atoms with Crippen LogP contribution in [0.2, 0.25) is 0 Å². The largest absolute Gasteiger partial charge is 0.463 e. The van der Waals surface area contributed by atoms with E-state index >= 15 is 0 Å². The number of morpholine rings is 1. The lowest BCUT2D eigenvalue weighted by Gasteiger charge is -2.27. The number of ether oxygens (including phenoxy) is 1. The Morgan fingerprint density at radius 3 is 2.48 bits per heavy atom. The van der Waals surface area contributed by atoms with E-state index < -0.39 is 5.63 Å². The van der Waals surface area contributed by atoms with Crippen molar-refractivity contribution in [2.45, 2.75) is 46.5 Å².